The summed E-state index contributed by atoms with van der Waals surface area (Å²) in [6, 6.07) is 6.44. The molecule has 2 atom stereocenters. The second kappa shape index (κ2) is 7.61. The number of hydrogen-bond donors (Lipinski definition) is 3. The first-order chi connectivity index (χ1) is 14.6. The summed E-state index contributed by atoms with van der Waals surface area (Å²) in [4.78, 5) is 13.5. The number of ketones is 1. The van der Waals surface area contributed by atoms with Crippen LogP contribution < -0.4 is 9.47 Å². The fourth-order valence-corrected chi connectivity index (χ4v) is 4.15. The molecule has 31 heavy (non-hydrogen) atoms. The third kappa shape index (κ3) is 3.76. The van der Waals surface area contributed by atoms with Gasteiger partial charge in [-0.05, 0) is 51.8 Å². The van der Waals surface area contributed by atoms with Crippen molar-refractivity contribution in [3.8, 4) is 23.0 Å². The molecule has 2 aliphatic heterocycles. The van der Waals surface area contributed by atoms with Gasteiger partial charge in [0, 0.05) is 17.5 Å². The number of aliphatic hydroxyl groups is 1. The number of phenolic OH excluding ortho intramolecular Hbond substituents is 2. The molecule has 2 aromatic rings. The molecule has 6 nitrogen and oxygen atoms in total. The molecular formula is C25H28O6. The maximum absolute atomic E-state index is 13.5. The number of Topliss-reactive ketones (excluding diaryl/α,β-unsaturated/α-hetero) is 1. The van der Waals surface area contributed by atoms with Crippen LogP contribution in [-0.4, -0.2) is 39.4 Å². The molecule has 0 saturated heterocycles. The second-order valence-electron chi connectivity index (χ2n) is 9.11. The minimum atomic E-state index is -1.09. The van der Waals surface area contributed by atoms with E-state index >= 15 is 0 Å². The lowest BCUT2D eigenvalue weighted by Gasteiger charge is -2.27. The molecule has 0 amide bonds. The van der Waals surface area contributed by atoms with Gasteiger partial charge in [0.25, 0.3) is 0 Å². The molecular weight excluding hydrogens is 396 g/mol. The highest BCUT2D eigenvalue weighted by molar-refractivity contribution is 6.07. The smallest absolute Gasteiger partial charge is 0.181 e. The van der Waals surface area contributed by atoms with Crippen molar-refractivity contribution in [1.82, 2.24) is 0 Å². The molecule has 0 bridgehead atoms. The number of carbonyl (C=O) groups is 1. The first-order valence-corrected chi connectivity index (χ1v) is 10.5. The van der Waals surface area contributed by atoms with Gasteiger partial charge in [0.15, 0.2) is 5.78 Å². The summed E-state index contributed by atoms with van der Waals surface area (Å²) in [6.07, 6.45) is 2.25. The van der Waals surface area contributed by atoms with E-state index in [2.05, 4.69) is 0 Å². The Bertz CT molecular complexity index is 1060. The predicted octanol–water partition coefficient (Wildman–Crippen LogP) is 4.04. The lowest BCUT2D eigenvalue weighted by molar-refractivity contribution is -0.0232. The molecule has 2 unspecified atom stereocenters. The van der Waals surface area contributed by atoms with Gasteiger partial charge in [-0.1, -0.05) is 23.8 Å². The highest BCUT2D eigenvalue weighted by Crippen LogP contribution is 2.51. The number of carbonyl (C=O) groups excluding carboxylic acids is 1. The Morgan fingerprint density at radius 3 is 2.45 bits per heavy atom. The van der Waals surface area contributed by atoms with Crippen molar-refractivity contribution in [2.45, 2.75) is 58.2 Å². The Hall–Kier alpha value is -2.99. The van der Waals surface area contributed by atoms with E-state index in [0.29, 0.717) is 35.5 Å². The Morgan fingerprint density at radius 2 is 1.84 bits per heavy atom. The van der Waals surface area contributed by atoms with Crippen molar-refractivity contribution >= 4 is 5.78 Å². The zero-order chi connectivity index (χ0) is 22.5. The number of fused-ring (bicyclic) bond motifs is 3. The lowest BCUT2D eigenvalue weighted by atomic mass is 9.84. The summed E-state index contributed by atoms with van der Waals surface area (Å²) in [6.45, 7) is 7.41. The van der Waals surface area contributed by atoms with Crippen molar-refractivity contribution < 1.29 is 29.6 Å². The number of aromatic hydroxyl groups is 2. The maximum Gasteiger partial charge on any atom is 0.181 e. The monoisotopic (exact) mass is 424 g/mol. The highest BCUT2D eigenvalue weighted by Gasteiger charge is 2.43. The molecule has 0 aromatic heterocycles. The van der Waals surface area contributed by atoms with Gasteiger partial charge in [-0.2, -0.15) is 0 Å². The zero-order valence-corrected chi connectivity index (χ0v) is 18.2. The van der Waals surface area contributed by atoms with Crippen LogP contribution in [0, 0.1) is 0 Å². The van der Waals surface area contributed by atoms with Gasteiger partial charge in [-0.25, -0.2) is 0 Å². The van der Waals surface area contributed by atoms with Crippen molar-refractivity contribution in [3.63, 3.8) is 0 Å². The highest BCUT2D eigenvalue weighted by atomic mass is 16.5. The average Bonchev–Trinajstić information content (AvgIpc) is 3.14. The van der Waals surface area contributed by atoms with Gasteiger partial charge < -0.3 is 24.8 Å². The van der Waals surface area contributed by atoms with Crippen LogP contribution in [0.4, 0.5) is 0 Å². The quantitative estimate of drug-likeness (QED) is 0.641. The van der Waals surface area contributed by atoms with Crippen molar-refractivity contribution in [2.24, 2.45) is 0 Å². The first kappa shape index (κ1) is 21.2. The standard InChI is InChI=1S/C25H28O6/c1-13(2)5-10-16-21(27)20-22(28)18(14-6-8-15(26)9-7-14)12-30-24(20)17-11-19(25(3,4)29)31-23(16)17/h5-9,18-19,26-27,29H,10-12H2,1-4H3. The van der Waals surface area contributed by atoms with Gasteiger partial charge in [0.2, 0.25) is 0 Å². The topological polar surface area (TPSA) is 96.2 Å². The van der Waals surface area contributed by atoms with E-state index in [-0.39, 0.29) is 29.5 Å². The number of ether oxygens (including phenoxy) is 2. The summed E-state index contributed by atoms with van der Waals surface area (Å²) in [5, 5.41) is 31.2. The van der Waals surface area contributed by atoms with Crippen molar-refractivity contribution in [2.75, 3.05) is 6.61 Å². The predicted molar refractivity (Wildman–Crippen MR) is 116 cm³/mol. The van der Waals surface area contributed by atoms with Crippen LogP contribution in [0.3, 0.4) is 0 Å². The van der Waals surface area contributed by atoms with Crippen LogP contribution in [0.15, 0.2) is 35.9 Å². The molecule has 3 N–H and O–H groups in total. The van der Waals surface area contributed by atoms with E-state index < -0.39 is 17.6 Å². The largest absolute Gasteiger partial charge is 0.508 e. The van der Waals surface area contributed by atoms with Crippen LogP contribution in [0.1, 0.15) is 60.7 Å². The van der Waals surface area contributed by atoms with Crippen LogP contribution in [0.2, 0.25) is 0 Å². The molecule has 2 aliphatic rings. The Kier molecular flexibility index (Phi) is 5.21. The molecule has 4 rings (SSSR count). The average molecular weight is 424 g/mol. The fraction of sp³-hybridized carbons (Fsp3) is 0.400. The number of hydrogen-bond acceptors (Lipinski definition) is 6. The Labute approximate surface area is 181 Å². The molecule has 0 aliphatic carbocycles. The second-order valence-corrected chi connectivity index (χ2v) is 9.11. The van der Waals surface area contributed by atoms with E-state index in [1.54, 1.807) is 26.0 Å². The normalized spacial score (nSPS) is 19.8. The first-order valence-electron chi connectivity index (χ1n) is 10.5. The van der Waals surface area contributed by atoms with Crippen LogP contribution >= 0.6 is 0 Å². The summed E-state index contributed by atoms with van der Waals surface area (Å²) in [5.74, 6) is 0.0269. The van der Waals surface area contributed by atoms with E-state index in [1.165, 1.54) is 12.1 Å². The van der Waals surface area contributed by atoms with Crippen LogP contribution in [0.5, 0.6) is 23.0 Å². The SMILES string of the molecule is CC(C)=CCc1c(O)c2c(c3c1OC(C(C)(C)O)C3)OCC(c1ccc(O)cc1)C2=O. The molecule has 0 spiro atoms. The van der Waals surface area contributed by atoms with E-state index in [4.69, 9.17) is 9.47 Å². The number of allylic oxidation sites excluding steroid dienone is 2. The number of benzene rings is 2. The lowest BCUT2D eigenvalue weighted by Crippen LogP contribution is -2.39. The van der Waals surface area contributed by atoms with Crippen molar-refractivity contribution in [3.05, 3.63) is 58.2 Å². The minimum Gasteiger partial charge on any atom is -0.508 e. The third-order valence-electron chi connectivity index (χ3n) is 5.98. The summed E-state index contributed by atoms with van der Waals surface area (Å²) < 4.78 is 12.1. The summed E-state index contributed by atoms with van der Waals surface area (Å²) >= 11 is 0. The van der Waals surface area contributed by atoms with Crippen LogP contribution in [0.25, 0.3) is 0 Å². The summed E-state index contributed by atoms with van der Waals surface area (Å²) in [7, 11) is 0. The number of phenols is 2. The van der Waals surface area contributed by atoms with Gasteiger partial charge >= 0.3 is 0 Å². The van der Waals surface area contributed by atoms with E-state index in [0.717, 1.165) is 11.1 Å². The van der Waals surface area contributed by atoms with Crippen molar-refractivity contribution in [1.29, 1.82) is 0 Å². The Balaban J connectivity index is 1.84. The number of rotatable bonds is 4. The van der Waals surface area contributed by atoms with E-state index in [9.17, 15) is 20.1 Å². The van der Waals surface area contributed by atoms with Gasteiger partial charge in [0.1, 0.15) is 41.3 Å². The molecule has 6 heteroatoms. The molecule has 0 saturated carbocycles. The van der Waals surface area contributed by atoms with E-state index in [1.807, 2.05) is 19.9 Å². The van der Waals surface area contributed by atoms with Gasteiger partial charge in [0.05, 0.1) is 11.5 Å². The zero-order valence-electron chi connectivity index (χ0n) is 18.2. The Morgan fingerprint density at radius 1 is 1.16 bits per heavy atom. The minimum absolute atomic E-state index is 0.118. The molecule has 0 fully saturated rings. The molecule has 164 valence electrons. The molecule has 0 radical (unpaired) electrons. The summed E-state index contributed by atoms with van der Waals surface area (Å²) in [5.41, 5.74) is 2.11. The maximum atomic E-state index is 13.5. The molecule has 2 aromatic carbocycles. The molecule has 2 heterocycles. The third-order valence-corrected chi connectivity index (χ3v) is 5.98. The van der Waals surface area contributed by atoms with Gasteiger partial charge in [-0.3, -0.25) is 4.79 Å². The fourth-order valence-electron chi connectivity index (χ4n) is 4.15. The van der Waals surface area contributed by atoms with Gasteiger partial charge in [-0.15, -0.1) is 0 Å². The van der Waals surface area contributed by atoms with Crippen LogP contribution in [-0.2, 0) is 12.8 Å².